The number of phenols is 1. The third kappa shape index (κ3) is 2.97. The minimum Gasteiger partial charge on any atom is -0.506 e. The van der Waals surface area contributed by atoms with Crippen molar-refractivity contribution < 1.29 is 9.90 Å². The van der Waals surface area contributed by atoms with Gasteiger partial charge in [0.15, 0.2) is 5.78 Å². The monoisotopic (exact) mass is 439 g/mol. The number of allylic oxidation sites excluding steroid dienone is 2. The summed E-state index contributed by atoms with van der Waals surface area (Å²) in [6.45, 7) is 8.20. The molecule has 0 amide bonds. The molecule has 0 aromatic heterocycles. The van der Waals surface area contributed by atoms with Crippen LogP contribution in [-0.2, 0) is 11.8 Å². The zero-order valence-corrected chi connectivity index (χ0v) is 19.3. The highest BCUT2D eigenvalue weighted by atomic mass is 16.3. The first-order chi connectivity index (χ1) is 15.9. The van der Waals surface area contributed by atoms with E-state index in [9.17, 15) is 15.2 Å². The molecule has 5 nitrogen and oxygen atoms in total. The second-order valence-electron chi connectivity index (χ2n) is 10.5. The van der Waals surface area contributed by atoms with Crippen LogP contribution in [0.2, 0.25) is 0 Å². The molecule has 1 saturated heterocycles. The minimum absolute atomic E-state index is 0.0144. The molecule has 3 aliphatic carbocycles. The number of nitriles is 1. The number of aromatic hydroxyl groups is 1. The number of nitrogens with zero attached hydrogens (tertiary/aromatic N) is 3. The zero-order chi connectivity index (χ0) is 22.9. The fourth-order valence-electron chi connectivity index (χ4n) is 6.20. The van der Waals surface area contributed by atoms with Gasteiger partial charge in [0.2, 0.25) is 0 Å². The summed E-state index contributed by atoms with van der Waals surface area (Å²) < 4.78 is 0. The molecule has 1 saturated carbocycles. The highest BCUT2D eigenvalue weighted by molar-refractivity contribution is 6.33. The SMILES string of the molecule is CC1(C)C2=C(C(=O)c3cc(O)c(N4CCN(C5CCC5)CC4)cc31)c1ccc(C#N)cc1C2. The Hall–Kier alpha value is -3.10. The fraction of sp³-hybridized carbons (Fsp3) is 0.429. The lowest BCUT2D eigenvalue weighted by molar-refractivity contribution is 0.105. The van der Waals surface area contributed by atoms with Crippen molar-refractivity contribution in [2.75, 3.05) is 31.1 Å². The van der Waals surface area contributed by atoms with Gasteiger partial charge < -0.3 is 10.0 Å². The van der Waals surface area contributed by atoms with Crippen molar-refractivity contribution in [3.05, 3.63) is 63.7 Å². The average molecular weight is 440 g/mol. The van der Waals surface area contributed by atoms with E-state index >= 15 is 0 Å². The number of benzene rings is 2. The van der Waals surface area contributed by atoms with Gasteiger partial charge in [-0.05, 0) is 65.8 Å². The van der Waals surface area contributed by atoms with Crippen LogP contribution in [0.1, 0.15) is 65.7 Å². The molecule has 0 unspecified atom stereocenters. The maximum atomic E-state index is 13.6. The molecule has 168 valence electrons. The Labute approximate surface area is 194 Å². The van der Waals surface area contributed by atoms with Gasteiger partial charge in [-0.1, -0.05) is 26.3 Å². The van der Waals surface area contributed by atoms with Gasteiger partial charge in [-0.3, -0.25) is 9.69 Å². The van der Waals surface area contributed by atoms with Gasteiger partial charge in [0.25, 0.3) is 0 Å². The molecule has 0 bridgehead atoms. The molecule has 4 aliphatic rings. The van der Waals surface area contributed by atoms with Crippen LogP contribution in [-0.4, -0.2) is 48.0 Å². The van der Waals surface area contributed by atoms with E-state index in [1.807, 2.05) is 12.1 Å². The summed E-state index contributed by atoms with van der Waals surface area (Å²) in [4.78, 5) is 18.5. The summed E-state index contributed by atoms with van der Waals surface area (Å²) in [7, 11) is 0. The summed E-state index contributed by atoms with van der Waals surface area (Å²) in [5.41, 5.74) is 6.59. The molecule has 0 radical (unpaired) electrons. The molecular weight excluding hydrogens is 410 g/mol. The van der Waals surface area contributed by atoms with Crippen LogP contribution in [0.25, 0.3) is 5.57 Å². The van der Waals surface area contributed by atoms with Crippen molar-refractivity contribution in [2.24, 2.45) is 0 Å². The fourth-order valence-corrected chi connectivity index (χ4v) is 6.20. The number of rotatable bonds is 2. The Bertz CT molecular complexity index is 1250. The summed E-state index contributed by atoms with van der Waals surface area (Å²) in [5, 5.41) is 20.3. The van der Waals surface area contributed by atoms with Crippen molar-refractivity contribution >= 4 is 17.0 Å². The number of carbonyl (C=O) groups excluding carboxylic acids is 1. The number of ketones is 1. The molecular formula is C28H29N3O2. The third-order valence-electron chi connectivity index (χ3n) is 8.43. The number of carbonyl (C=O) groups is 1. The maximum Gasteiger partial charge on any atom is 0.194 e. The summed E-state index contributed by atoms with van der Waals surface area (Å²) in [6, 6.07) is 12.3. The van der Waals surface area contributed by atoms with Crippen LogP contribution < -0.4 is 4.90 Å². The van der Waals surface area contributed by atoms with Gasteiger partial charge in [-0.2, -0.15) is 5.26 Å². The van der Waals surface area contributed by atoms with Gasteiger partial charge in [-0.25, -0.2) is 0 Å². The summed E-state index contributed by atoms with van der Waals surface area (Å²) >= 11 is 0. The lowest BCUT2D eigenvalue weighted by atomic mass is 9.68. The number of hydrogen-bond acceptors (Lipinski definition) is 5. The van der Waals surface area contributed by atoms with Crippen molar-refractivity contribution in [2.45, 2.75) is 51.0 Å². The first kappa shape index (κ1) is 20.5. The lowest BCUT2D eigenvalue weighted by Gasteiger charge is -2.44. The van der Waals surface area contributed by atoms with E-state index in [-0.39, 0.29) is 16.9 Å². The number of phenolic OH excluding ortho intramolecular Hbond substituents is 1. The third-order valence-corrected chi connectivity index (χ3v) is 8.43. The second-order valence-corrected chi connectivity index (χ2v) is 10.5. The maximum absolute atomic E-state index is 13.6. The predicted molar refractivity (Wildman–Crippen MR) is 129 cm³/mol. The van der Waals surface area contributed by atoms with E-state index in [1.54, 1.807) is 12.1 Å². The second kappa shape index (κ2) is 7.20. The topological polar surface area (TPSA) is 67.6 Å². The largest absolute Gasteiger partial charge is 0.506 e. The molecule has 0 spiro atoms. The summed E-state index contributed by atoms with van der Waals surface area (Å²) in [5.74, 6) is 0.177. The van der Waals surface area contributed by atoms with Crippen LogP contribution in [0.4, 0.5) is 5.69 Å². The van der Waals surface area contributed by atoms with E-state index in [2.05, 4.69) is 35.8 Å². The van der Waals surface area contributed by atoms with Gasteiger partial charge in [0.1, 0.15) is 5.75 Å². The number of piperazine rings is 1. The van der Waals surface area contributed by atoms with E-state index in [4.69, 9.17) is 0 Å². The standard InChI is InChI=1S/C28H29N3O2/c1-28(2)22-15-24(31-10-8-30(9-11-31)19-4-3-5-19)25(32)14-21(22)27(33)26-20-7-6-17(16-29)12-18(20)13-23(26)28/h6-7,12,14-15,19,32H,3-5,8-11,13H2,1-2H3. The molecule has 2 aromatic rings. The molecule has 0 atom stereocenters. The number of hydrogen-bond donors (Lipinski definition) is 1. The van der Waals surface area contributed by atoms with Crippen LogP contribution in [0.15, 0.2) is 35.9 Å². The highest BCUT2D eigenvalue weighted by Crippen LogP contribution is 2.51. The van der Waals surface area contributed by atoms with Crippen LogP contribution >= 0.6 is 0 Å². The Morgan fingerprint density at radius 3 is 2.48 bits per heavy atom. The smallest absolute Gasteiger partial charge is 0.194 e. The van der Waals surface area contributed by atoms with Crippen LogP contribution in [0.3, 0.4) is 0 Å². The predicted octanol–water partition coefficient (Wildman–Crippen LogP) is 4.42. The minimum atomic E-state index is -0.333. The van der Waals surface area contributed by atoms with Crippen molar-refractivity contribution in [3.63, 3.8) is 0 Å². The van der Waals surface area contributed by atoms with Gasteiger partial charge in [-0.15, -0.1) is 0 Å². The number of fused-ring (bicyclic) bond motifs is 3. The van der Waals surface area contributed by atoms with E-state index < -0.39 is 0 Å². The Morgan fingerprint density at radius 2 is 1.82 bits per heavy atom. The van der Waals surface area contributed by atoms with E-state index in [1.165, 1.54) is 19.3 Å². The molecule has 2 aromatic carbocycles. The average Bonchev–Trinajstić information content (AvgIpc) is 3.17. The molecule has 33 heavy (non-hydrogen) atoms. The first-order valence-corrected chi connectivity index (χ1v) is 12.1. The van der Waals surface area contributed by atoms with Crippen molar-refractivity contribution in [3.8, 4) is 11.8 Å². The Kier molecular flexibility index (Phi) is 4.47. The lowest BCUT2D eigenvalue weighted by Crippen LogP contribution is -2.52. The number of anilines is 1. The molecule has 1 heterocycles. The normalized spacial score (nSPS) is 21.8. The zero-order valence-electron chi connectivity index (χ0n) is 19.3. The van der Waals surface area contributed by atoms with Crippen LogP contribution in [0.5, 0.6) is 5.75 Å². The van der Waals surface area contributed by atoms with E-state index in [0.29, 0.717) is 17.5 Å². The molecule has 5 heteroatoms. The molecule has 1 N–H and O–H groups in total. The quantitative estimate of drug-likeness (QED) is 0.750. The van der Waals surface area contributed by atoms with Crippen molar-refractivity contribution in [1.82, 2.24) is 4.90 Å². The van der Waals surface area contributed by atoms with Crippen LogP contribution in [0, 0.1) is 11.3 Å². The molecule has 1 aliphatic heterocycles. The van der Waals surface area contributed by atoms with Gasteiger partial charge >= 0.3 is 0 Å². The van der Waals surface area contributed by atoms with Gasteiger partial charge in [0.05, 0.1) is 17.3 Å². The van der Waals surface area contributed by atoms with Crippen molar-refractivity contribution in [1.29, 1.82) is 5.26 Å². The molecule has 2 fully saturated rings. The Morgan fingerprint density at radius 1 is 1.06 bits per heavy atom. The van der Waals surface area contributed by atoms with Gasteiger partial charge in [0, 0.05) is 48.8 Å². The van der Waals surface area contributed by atoms with E-state index in [0.717, 1.165) is 65.7 Å². The highest BCUT2D eigenvalue weighted by Gasteiger charge is 2.43. The number of Topliss-reactive ketones (excluding diaryl/α,β-unsaturated/α-hetero) is 1. The Balaban J connectivity index is 1.36. The molecule has 6 rings (SSSR count). The first-order valence-electron chi connectivity index (χ1n) is 12.1. The summed E-state index contributed by atoms with van der Waals surface area (Å²) in [6.07, 6.45) is 4.67.